The van der Waals surface area contributed by atoms with Gasteiger partial charge in [0.2, 0.25) is 0 Å². The molecule has 15 heavy (non-hydrogen) atoms. The van der Waals surface area contributed by atoms with Gasteiger partial charge in [-0.1, -0.05) is 15.9 Å². The van der Waals surface area contributed by atoms with E-state index in [-0.39, 0.29) is 0 Å². The fraction of sp³-hybridized carbons (Fsp3) is 0.182. The molecule has 0 bridgehead atoms. The maximum absolute atomic E-state index is 10.4. The van der Waals surface area contributed by atoms with Crippen LogP contribution in [0.5, 0.6) is 5.75 Å². The third-order valence-corrected chi connectivity index (χ3v) is 2.88. The van der Waals surface area contributed by atoms with Crippen LogP contribution in [-0.4, -0.2) is 18.2 Å². The van der Waals surface area contributed by atoms with Crippen LogP contribution in [0.1, 0.15) is 11.1 Å². The van der Waals surface area contributed by atoms with Crippen LogP contribution in [0.15, 0.2) is 22.7 Å². The highest BCUT2D eigenvalue weighted by Gasteiger charge is 2.06. The minimum atomic E-state index is -0.976. The third-order valence-electron chi connectivity index (χ3n) is 2.02. The Bertz CT molecular complexity index is 411. The molecule has 0 aliphatic carbocycles. The number of carbonyl (C=O) groups is 1. The number of hydrogen-bond donors (Lipinski definition) is 1. The van der Waals surface area contributed by atoms with E-state index in [9.17, 15) is 4.79 Å². The number of benzene rings is 1. The van der Waals surface area contributed by atoms with Crippen molar-refractivity contribution in [2.75, 3.05) is 7.11 Å². The Labute approximate surface area is 96.5 Å². The van der Waals surface area contributed by atoms with E-state index in [0.717, 1.165) is 21.7 Å². The molecule has 0 aliphatic heterocycles. The average Bonchev–Trinajstić information content (AvgIpc) is 2.20. The zero-order chi connectivity index (χ0) is 11.4. The van der Waals surface area contributed by atoms with E-state index in [0.29, 0.717) is 5.75 Å². The molecule has 0 aliphatic rings. The fourth-order valence-corrected chi connectivity index (χ4v) is 1.56. The van der Waals surface area contributed by atoms with Crippen LogP contribution in [0, 0.1) is 6.92 Å². The van der Waals surface area contributed by atoms with E-state index in [1.165, 1.54) is 6.08 Å². The van der Waals surface area contributed by atoms with Crippen molar-refractivity contribution >= 4 is 28.0 Å². The van der Waals surface area contributed by atoms with Gasteiger partial charge in [0.15, 0.2) is 0 Å². The minimum Gasteiger partial charge on any atom is -0.496 e. The van der Waals surface area contributed by atoms with Crippen molar-refractivity contribution in [2.45, 2.75) is 6.92 Å². The Morgan fingerprint density at radius 3 is 2.73 bits per heavy atom. The molecular formula is C11H11BrO3. The van der Waals surface area contributed by atoms with Gasteiger partial charge >= 0.3 is 5.97 Å². The smallest absolute Gasteiger partial charge is 0.328 e. The molecule has 0 spiro atoms. The van der Waals surface area contributed by atoms with Crippen molar-refractivity contribution in [3.8, 4) is 5.75 Å². The maximum Gasteiger partial charge on any atom is 0.328 e. The minimum absolute atomic E-state index is 0.660. The van der Waals surface area contributed by atoms with Crippen molar-refractivity contribution in [2.24, 2.45) is 0 Å². The van der Waals surface area contributed by atoms with Crippen LogP contribution in [0.4, 0.5) is 0 Å². The van der Waals surface area contributed by atoms with Crippen molar-refractivity contribution in [3.63, 3.8) is 0 Å². The lowest BCUT2D eigenvalue weighted by Gasteiger charge is -2.09. The first-order valence-electron chi connectivity index (χ1n) is 4.30. The molecule has 0 radical (unpaired) electrons. The number of carboxylic acid groups (broad SMARTS) is 1. The van der Waals surface area contributed by atoms with Crippen LogP contribution in [-0.2, 0) is 4.79 Å². The predicted octanol–water partition coefficient (Wildman–Crippen LogP) is 2.86. The summed E-state index contributed by atoms with van der Waals surface area (Å²) in [6.07, 6.45) is 2.62. The quantitative estimate of drug-likeness (QED) is 0.860. The second kappa shape index (κ2) is 4.98. The van der Waals surface area contributed by atoms with E-state index in [4.69, 9.17) is 9.84 Å². The number of carboxylic acids is 1. The van der Waals surface area contributed by atoms with Crippen LogP contribution in [0.25, 0.3) is 6.08 Å². The molecular weight excluding hydrogens is 260 g/mol. The first-order valence-corrected chi connectivity index (χ1v) is 5.09. The summed E-state index contributed by atoms with van der Waals surface area (Å²) >= 11 is 3.38. The van der Waals surface area contributed by atoms with Crippen LogP contribution >= 0.6 is 15.9 Å². The Morgan fingerprint density at radius 1 is 1.53 bits per heavy atom. The number of halogens is 1. The van der Waals surface area contributed by atoms with Crippen molar-refractivity contribution in [3.05, 3.63) is 33.8 Å². The van der Waals surface area contributed by atoms with Gasteiger partial charge in [-0.25, -0.2) is 4.79 Å². The summed E-state index contributed by atoms with van der Waals surface area (Å²) in [7, 11) is 1.56. The normalized spacial score (nSPS) is 10.6. The second-order valence-electron chi connectivity index (χ2n) is 2.96. The SMILES string of the molecule is COc1ccc(Br)c(C)c1/C=C/C(=O)O. The summed E-state index contributed by atoms with van der Waals surface area (Å²) in [5.74, 6) is -0.315. The van der Waals surface area contributed by atoms with E-state index < -0.39 is 5.97 Å². The number of aliphatic carboxylic acids is 1. The summed E-state index contributed by atoms with van der Waals surface area (Å²) < 4.78 is 6.07. The zero-order valence-electron chi connectivity index (χ0n) is 8.45. The van der Waals surface area contributed by atoms with Gasteiger partial charge in [0.1, 0.15) is 5.75 Å². The molecule has 1 N–H and O–H groups in total. The van der Waals surface area contributed by atoms with Crippen molar-refractivity contribution in [1.82, 2.24) is 0 Å². The summed E-state index contributed by atoms with van der Waals surface area (Å²) in [6.45, 7) is 1.90. The highest BCUT2D eigenvalue weighted by atomic mass is 79.9. The lowest BCUT2D eigenvalue weighted by Crippen LogP contribution is -1.92. The van der Waals surface area contributed by atoms with Crippen molar-refractivity contribution in [1.29, 1.82) is 0 Å². The second-order valence-corrected chi connectivity index (χ2v) is 3.81. The first-order chi connectivity index (χ1) is 7.06. The molecule has 4 heteroatoms. The summed E-state index contributed by atoms with van der Waals surface area (Å²) in [4.78, 5) is 10.4. The lowest BCUT2D eigenvalue weighted by atomic mass is 10.1. The Kier molecular flexibility index (Phi) is 3.91. The van der Waals surface area contributed by atoms with Gasteiger partial charge in [0, 0.05) is 16.1 Å². The van der Waals surface area contributed by atoms with Crippen molar-refractivity contribution < 1.29 is 14.6 Å². The lowest BCUT2D eigenvalue weighted by molar-refractivity contribution is -0.131. The Morgan fingerprint density at radius 2 is 2.20 bits per heavy atom. The van der Waals surface area contributed by atoms with Gasteiger partial charge in [-0.15, -0.1) is 0 Å². The molecule has 1 aromatic carbocycles. The highest BCUT2D eigenvalue weighted by molar-refractivity contribution is 9.10. The molecule has 1 rings (SSSR count). The molecule has 0 amide bonds. The molecule has 0 atom stereocenters. The molecule has 0 saturated carbocycles. The van der Waals surface area contributed by atoms with Crippen LogP contribution in [0.3, 0.4) is 0 Å². The van der Waals surface area contributed by atoms with Gasteiger partial charge in [-0.05, 0) is 30.7 Å². The topological polar surface area (TPSA) is 46.5 Å². The maximum atomic E-state index is 10.4. The summed E-state index contributed by atoms with van der Waals surface area (Å²) in [6, 6.07) is 3.66. The van der Waals surface area contributed by atoms with Gasteiger partial charge in [-0.3, -0.25) is 0 Å². The number of ether oxygens (including phenoxy) is 1. The van der Waals surface area contributed by atoms with Crippen LogP contribution < -0.4 is 4.74 Å². The van der Waals surface area contributed by atoms with Gasteiger partial charge in [0.25, 0.3) is 0 Å². The largest absolute Gasteiger partial charge is 0.496 e. The molecule has 1 aromatic rings. The van der Waals surface area contributed by atoms with E-state index >= 15 is 0 Å². The molecule has 3 nitrogen and oxygen atoms in total. The summed E-state index contributed by atoms with van der Waals surface area (Å²) in [5, 5.41) is 8.56. The zero-order valence-corrected chi connectivity index (χ0v) is 10.0. The molecule has 0 fully saturated rings. The van der Waals surface area contributed by atoms with Gasteiger partial charge in [0.05, 0.1) is 7.11 Å². The Hall–Kier alpha value is -1.29. The number of rotatable bonds is 3. The number of hydrogen-bond acceptors (Lipinski definition) is 2. The van der Waals surface area contributed by atoms with Gasteiger partial charge < -0.3 is 9.84 Å². The predicted molar refractivity (Wildman–Crippen MR) is 62.1 cm³/mol. The highest BCUT2D eigenvalue weighted by Crippen LogP contribution is 2.29. The molecule has 80 valence electrons. The monoisotopic (exact) mass is 270 g/mol. The van der Waals surface area contributed by atoms with Gasteiger partial charge in [-0.2, -0.15) is 0 Å². The van der Waals surface area contributed by atoms with Crippen LogP contribution in [0.2, 0.25) is 0 Å². The van der Waals surface area contributed by atoms with E-state index in [1.807, 2.05) is 13.0 Å². The number of methoxy groups -OCH3 is 1. The molecule has 0 heterocycles. The van der Waals surface area contributed by atoms with E-state index in [1.54, 1.807) is 13.2 Å². The van der Waals surface area contributed by atoms with E-state index in [2.05, 4.69) is 15.9 Å². The standard InChI is InChI=1S/C11H11BrO3/c1-7-8(3-6-11(13)14)10(15-2)5-4-9(7)12/h3-6H,1-2H3,(H,13,14)/b6-3+. The molecule has 0 saturated heterocycles. The Balaban J connectivity index is 3.23. The summed E-state index contributed by atoms with van der Waals surface area (Å²) in [5.41, 5.74) is 1.72. The fourth-order valence-electron chi connectivity index (χ4n) is 1.22. The molecule has 0 unspecified atom stereocenters. The third kappa shape index (κ3) is 2.83. The first kappa shape index (κ1) is 11.8. The molecule has 0 aromatic heterocycles. The average molecular weight is 271 g/mol.